The van der Waals surface area contributed by atoms with Gasteiger partial charge in [0.2, 0.25) is 5.28 Å². The van der Waals surface area contributed by atoms with Gasteiger partial charge in [-0.3, -0.25) is 0 Å². The molecule has 0 aliphatic carbocycles. The van der Waals surface area contributed by atoms with Crippen LogP contribution in [-0.4, -0.2) is 42.1 Å². The largest absolute Gasteiger partial charge is 0.379 e. The molecule has 0 saturated carbocycles. The average Bonchev–Trinajstić information content (AvgIpc) is 2.91. The fourth-order valence-electron chi connectivity index (χ4n) is 3.43. The van der Waals surface area contributed by atoms with E-state index >= 15 is 0 Å². The molecule has 1 fully saturated rings. The van der Waals surface area contributed by atoms with Gasteiger partial charge in [0.05, 0.1) is 24.5 Å². The van der Waals surface area contributed by atoms with Crippen LogP contribution in [0.2, 0.25) is 5.28 Å². The molecule has 0 bridgehead atoms. The first kappa shape index (κ1) is 34.8. The highest BCUT2D eigenvalue weighted by Crippen LogP contribution is 2.26. The summed E-state index contributed by atoms with van der Waals surface area (Å²) in [7, 11) is 0. The van der Waals surface area contributed by atoms with Crippen molar-refractivity contribution in [3.05, 3.63) is 51.7 Å². The SMILES string of the molecule is CC.CC.CCCc1nc(Cl)nc(NCc2cccc(C(F)F)c2F)c1CC.O=CCC1COCCN1. The molecule has 0 amide bonds. The van der Waals surface area contributed by atoms with Crippen LogP contribution in [0.4, 0.5) is 19.0 Å². The zero-order valence-electron chi connectivity index (χ0n) is 22.8. The molecule has 2 aromatic rings. The number of morpholine rings is 1. The number of aromatic nitrogens is 2. The quantitative estimate of drug-likeness (QED) is 0.262. The highest BCUT2D eigenvalue weighted by Gasteiger charge is 2.17. The van der Waals surface area contributed by atoms with E-state index in [2.05, 4.69) is 20.6 Å². The van der Waals surface area contributed by atoms with E-state index in [0.717, 1.165) is 49.6 Å². The first-order valence-corrected chi connectivity index (χ1v) is 13.4. The number of carbonyl (C=O) groups is 1. The highest BCUT2D eigenvalue weighted by atomic mass is 35.5. The van der Waals surface area contributed by atoms with Crippen molar-refractivity contribution in [1.29, 1.82) is 0 Å². The number of hydrogen-bond donors (Lipinski definition) is 2. The molecule has 0 spiro atoms. The Balaban J connectivity index is 0.000000829. The van der Waals surface area contributed by atoms with Gasteiger partial charge in [-0.25, -0.2) is 23.1 Å². The van der Waals surface area contributed by atoms with Crippen LogP contribution in [0, 0.1) is 5.82 Å². The minimum atomic E-state index is -2.85. The number of carbonyl (C=O) groups excluding carboxylic acids is 1. The maximum Gasteiger partial charge on any atom is 0.266 e. The van der Waals surface area contributed by atoms with Gasteiger partial charge in [-0.15, -0.1) is 0 Å². The van der Waals surface area contributed by atoms with Crippen LogP contribution in [0.5, 0.6) is 0 Å². The fraction of sp³-hybridized carbons (Fsp3) is 0.593. The maximum atomic E-state index is 14.1. The minimum Gasteiger partial charge on any atom is -0.379 e. The zero-order valence-corrected chi connectivity index (χ0v) is 23.6. The predicted octanol–water partition coefficient (Wildman–Crippen LogP) is 6.95. The van der Waals surface area contributed by atoms with E-state index in [4.69, 9.17) is 16.3 Å². The van der Waals surface area contributed by atoms with Crippen molar-refractivity contribution in [3.8, 4) is 0 Å². The molecule has 1 unspecified atom stereocenters. The number of aldehydes is 1. The Hall–Kier alpha value is -2.23. The summed E-state index contributed by atoms with van der Waals surface area (Å²) in [6, 6.07) is 4.23. The normalized spacial score (nSPS) is 14.3. The number of ether oxygens (including phenoxy) is 1. The first-order valence-electron chi connectivity index (χ1n) is 13.0. The molecule has 37 heavy (non-hydrogen) atoms. The number of hydrogen-bond acceptors (Lipinski definition) is 6. The van der Waals surface area contributed by atoms with E-state index in [1.54, 1.807) is 0 Å². The molecule has 1 atom stereocenters. The van der Waals surface area contributed by atoms with Crippen molar-refractivity contribution < 1.29 is 22.7 Å². The van der Waals surface area contributed by atoms with Crippen molar-refractivity contribution in [3.63, 3.8) is 0 Å². The summed E-state index contributed by atoms with van der Waals surface area (Å²) < 4.78 is 44.8. The van der Waals surface area contributed by atoms with Crippen molar-refractivity contribution in [1.82, 2.24) is 15.3 Å². The molecule has 1 saturated heterocycles. The molecular weight excluding hydrogens is 505 g/mol. The topological polar surface area (TPSA) is 76.1 Å². The van der Waals surface area contributed by atoms with Gasteiger partial charge in [0.1, 0.15) is 17.9 Å². The predicted molar refractivity (Wildman–Crippen MR) is 145 cm³/mol. The Morgan fingerprint density at radius 2 is 1.92 bits per heavy atom. The van der Waals surface area contributed by atoms with Gasteiger partial charge in [0.25, 0.3) is 6.43 Å². The number of nitrogens with zero attached hydrogens (tertiary/aromatic N) is 2. The van der Waals surface area contributed by atoms with E-state index in [9.17, 15) is 18.0 Å². The van der Waals surface area contributed by atoms with E-state index in [1.165, 1.54) is 12.1 Å². The molecule has 1 aromatic carbocycles. The summed E-state index contributed by atoms with van der Waals surface area (Å²) in [6.07, 6.45) is 1.00. The molecule has 1 aliphatic rings. The molecular formula is C27H42ClF3N4O2. The second-order valence-electron chi connectivity index (χ2n) is 7.47. The van der Waals surface area contributed by atoms with Crippen molar-refractivity contribution in [2.45, 2.75) is 86.2 Å². The van der Waals surface area contributed by atoms with Gasteiger partial charge in [-0.1, -0.05) is 66.2 Å². The van der Waals surface area contributed by atoms with Gasteiger partial charge < -0.3 is 20.2 Å². The lowest BCUT2D eigenvalue weighted by Gasteiger charge is -2.21. The summed E-state index contributed by atoms with van der Waals surface area (Å²) in [5, 5.41) is 6.28. The maximum absolute atomic E-state index is 14.1. The average molecular weight is 547 g/mol. The smallest absolute Gasteiger partial charge is 0.266 e. The number of rotatable bonds is 9. The molecule has 0 radical (unpaired) electrons. The van der Waals surface area contributed by atoms with Crippen LogP contribution in [0.15, 0.2) is 18.2 Å². The summed E-state index contributed by atoms with van der Waals surface area (Å²) in [6.45, 7) is 14.4. The van der Waals surface area contributed by atoms with Crippen LogP contribution >= 0.6 is 11.6 Å². The molecule has 6 nitrogen and oxygen atoms in total. The Labute approximate surface area is 224 Å². The number of nitrogens with one attached hydrogen (secondary N) is 2. The number of benzene rings is 1. The summed E-state index contributed by atoms with van der Waals surface area (Å²) in [4.78, 5) is 18.4. The Kier molecular flexibility index (Phi) is 19.5. The van der Waals surface area contributed by atoms with Gasteiger partial charge in [-0.05, 0) is 24.4 Å². The van der Waals surface area contributed by atoms with Gasteiger partial charge in [-0.2, -0.15) is 0 Å². The van der Waals surface area contributed by atoms with E-state index in [0.29, 0.717) is 25.3 Å². The Bertz CT molecular complexity index is 898. The lowest BCUT2D eigenvalue weighted by atomic mass is 10.1. The third-order valence-electron chi connectivity index (χ3n) is 5.07. The number of aryl methyl sites for hydroxylation is 1. The van der Waals surface area contributed by atoms with Gasteiger partial charge >= 0.3 is 0 Å². The summed E-state index contributed by atoms with van der Waals surface area (Å²) in [5.41, 5.74) is 1.31. The van der Waals surface area contributed by atoms with Crippen LogP contribution in [0.3, 0.4) is 0 Å². The number of halogens is 4. The van der Waals surface area contributed by atoms with Crippen LogP contribution < -0.4 is 10.6 Å². The number of alkyl halides is 2. The summed E-state index contributed by atoms with van der Waals surface area (Å²) in [5.74, 6) is -0.380. The standard InChI is InChI=1S/C17H19ClF3N3.C6H11NO2.2C2H6/c1-3-6-13-11(4-2)16(24-17(18)23-13)22-9-10-7-5-8-12(14(10)19)15(20)21;8-3-1-6-5-9-4-2-7-6;2*1-2/h5,7-8,15H,3-4,6,9H2,1-2H3,(H,22,23,24);3,6-7H,1-2,4-5H2;2*1-2H3. The minimum absolute atomic E-state index is 0.0400. The van der Waals surface area contributed by atoms with Crippen LogP contribution in [0.1, 0.15) is 83.2 Å². The third-order valence-corrected chi connectivity index (χ3v) is 5.24. The lowest BCUT2D eigenvalue weighted by Crippen LogP contribution is -2.41. The van der Waals surface area contributed by atoms with Crippen molar-refractivity contribution in [2.24, 2.45) is 0 Å². The fourth-order valence-corrected chi connectivity index (χ4v) is 3.62. The number of anilines is 1. The molecule has 10 heteroatoms. The molecule has 2 heterocycles. The van der Waals surface area contributed by atoms with E-state index in [-0.39, 0.29) is 23.4 Å². The molecule has 1 aliphatic heterocycles. The van der Waals surface area contributed by atoms with Crippen LogP contribution in [-0.2, 0) is 28.9 Å². The third kappa shape index (κ3) is 12.2. The molecule has 210 valence electrons. The van der Waals surface area contributed by atoms with Crippen molar-refractivity contribution >= 4 is 23.7 Å². The lowest BCUT2D eigenvalue weighted by molar-refractivity contribution is -0.108. The highest BCUT2D eigenvalue weighted by molar-refractivity contribution is 6.28. The first-order chi connectivity index (χ1) is 17.9. The molecule has 3 rings (SSSR count). The Morgan fingerprint density at radius 1 is 1.22 bits per heavy atom. The second-order valence-corrected chi connectivity index (χ2v) is 7.81. The van der Waals surface area contributed by atoms with Gasteiger partial charge in [0, 0.05) is 36.7 Å². The van der Waals surface area contributed by atoms with Crippen molar-refractivity contribution in [2.75, 3.05) is 25.1 Å². The zero-order chi connectivity index (χ0) is 28.2. The summed E-state index contributed by atoms with van der Waals surface area (Å²) >= 11 is 5.96. The second kappa shape index (κ2) is 20.8. The molecule has 1 aromatic heterocycles. The van der Waals surface area contributed by atoms with E-state index < -0.39 is 17.8 Å². The van der Waals surface area contributed by atoms with Crippen LogP contribution in [0.25, 0.3) is 0 Å². The Morgan fingerprint density at radius 3 is 2.46 bits per heavy atom. The monoisotopic (exact) mass is 546 g/mol. The van der Waals surface area contributed by atoms with E-state index in [1.807, 2.05) is 41.5 Å². The molecule has 2 N–H and O–H groups in total. The van der Waals surface area contributed by atoms with Gasteiger partial charge in [0.15, 0.2) is 0 Å².